The second kappa shape index (κ2) is 7.04. The van der Waals surface area contributed by atoms with E-state index in [-0.39, 0.29) is 17.6 Å². The van der Waals surface area contributed by atoms with Gasteiger partial charge in [0.25, 0.3) is 0 Å². The van der Waals surface area contributed by atoms with Crippen LogP contribution in [-0.4, -0.2) is 15.3 Å². The Balaban J connectivity index is 1.84. The van der Waals surface area contributed by atoms with E-state index in [9.17, 15) is 9.18 Å². The molecule has 4 aromatic rings. The Morgan fingerprint density at radius 2 is 1.79 bits per heavy atom. The van der Waals surface area contributed by atoms with Crippen molar-refractivity contribution < 1.29 is 9.18 Å². The smallest absolute Gasteiger partial charge is 0.162 e. The van der Waals surface area contributed by atoms with Crippen LogP contribution in [0.2, 0.25) is 0 Å². The Morgan fingerprint density at radius 3 is 2.50 bits per heavy atom. The SMILES string of the molecule is CC(=O)c1c(C)n(C(C)c2ccnc(-c3ccc(F)cc3)c2)c2ccccc12. The van der Waals surface area contributed by atoms with E-state index < -0.39 is 0 Å². The first-order chi connectivity index (χ1) is 13.5. The van der Waals surface area contributed by atoms with Gasteiger partial charge in [-0.05, 0) is 68.8 Å². The number of hydrogen-bond donors (Lipinski definition) is 0. The normalized spacial score (nSPS) is 12.3. The monoisotopic (exact) mass is 372 g/mol. The summed E-state index contributed by atoms with van der Waals surface area (Å²) in [7, 11) is 0. The number of carbonyl (C=O) groups is 1. The summed E-state index contributed by atoms with van der Waals surface area (Å²) >= 11 is 0. The molecule has 2 aromatic heterocycles. The van der Waals surface area contributed by atoms with Crippen molar-refractivity contribution in [2.24, 2.45) is 0 Å². The molecule has 0 aliphatic rings. The zero-order valence-electron chi connectivity index (χ0n) is 16.1. The summed E-state index contributed by atoms with van der Waals surface area (Å²) in [6, 6.07) is 18.4. The van der Waals surface area contributed by atoms with Crippen LogP contribution in [0, 0.1) is 12.7 Å². The average Bonchev–Trinajstić information content (AvgIpc) is 3.00. The third kappa shape index (κ3) is 3.01. The summed E-state index contributed by atoms with van der Waals surface area (Å²) in [4.78, 5) is 16.7. The van der Waals surface area contributed by atoms with Crippen molar-refractivity contribution in [1.82, 2.24) is 9.55 Å². The molecule has 28 heavy (non-hydrogen) atoms. The van der Waals surface area contributed by atoms with E-state index >= 15 is 0 Å². The van der Waals surface area contributed by atoms with Gasteiger partial charge in [-0.25, -0.2) is 4.39 Å². The summed E-state index contributed by atoms with van der Waals surface area (Å²) < 4.78 is 15.4. The van der Waals surface area contributed by atoms with E-state index in [1.54, 1.807) is 25.3 Å². The largest absolute Gasteiger partial charge is 0.337 e. The number of fused-ring (bicyclic) bond motifs is 1. The molecule has 0 amide bonds. The lowest BCUT2D eigenvalue weighted by Crippen LogP contribution is -2.10. The third-order valence-corrected chi connectivity index (χ3v) is 5.30. The van der Waals surface area contributed by atoms with Gasteiger partial charge < -0.3 is 4.57 Å². The Hall–Kier alpha value is -3.27. The molecule has 4 heteroatoms. The standard InChI is InChI=1S/C24H21FN2O/c1-15(19-12-13-26-22(14-19)18-8-10-20(25)11-9-18)27-16(2)24(17(3)28)21-6-4-5-7-23(21)27/h4-15H,1-3H3. The van der Waals surface area contributed by atoms with Crippen LogP contribution in [0.5, 0.6) is 0 Å². The molecule has 2 aromatic carbocycles. The van der Waals surface area contributed by atoms with Crippen LogP contribution < -0.4 is 0 Å². The molecule has 0 bridgehead atoms. The first kappa shape index (κ1) is 18.1. The maximum absolute atomic E-state index is 13.2. The summed E-state index contributed by atoms with van der Waals surface area (Å²) in [6.45, 7) is 5.73. The van der Waals surface area contributed by atoms with Gasteiger partial charge >= 0.3 is 0 Å². The zero-order valence-corrected chi connectivity index (χ0v) is 16.1. The number of carbonyl (C=O) groups excluding carboxylic acids is 1. The average molecular weight is 372 g/mol. The maximum Gasteiger partial charge on any atom is 0.162 e. The van der Waals surface area contributed by atoms with Crippen molar-refractivity contribution in [2.45, 2.75) is 26.8 Å². The van der Waals surface area contributed by atoms with Gasteiger partial charge in [0.15, 0.2) is 5.78 Å². The predicted octanol–water partition coefficient (Wildman–Crippen LogP) is 5.96. The minimum Gasteiger partial charge on any atom is -0.337 e. The van der Waals surface area contributed by atoms with Gasteiger partial charge in [0.05, 0.1) is 11.7 Å². The van der Waals surface area contributed by atoms with Crippen LogP contribution in [0.15, 0.2) is 66.9 Å². The molecule has 0 radical (unpaired) electrons. The molecule has 0 saturated heterocycles. The summed E-state index contributed by atoms with van der Waals surface area (Å²) in [6.07, 6.45) is 1.78. The van der Waals surface area contributed by atoms with E-state index in [4.69, 9.17) is 0 Å². The van der Waals surface area contributed by atoms with Crippen molar-refractivity contribution in [3.8, 4) is 11.3 Å². The van der Waals surface area contributed by atoms with E-state index in [0.717, 1.165) is 39.0 Å². The number of hydrogen-bond acceptors (Lipinski definition) is 2. The van der Waals surface area contributed by atoms with E-state index in [0.29, 0.717) is 0 Å². The Morgan fingerprint density at radius 1 is 1.07 bits per heavy atom. The molecule has 4 rings (SSSR count). The molecule has 3 nitrogen and oxygen atoms in total. The Bertz CT molecular complexity index is 1180. The van der Waals surface area contributed by atoms with Gasteiger partial charge in [-0.15, -0.1) is 0 Å². The molecular formula is C24H21FN2O. The van der Waals surface area contributed by atoms with E-state index in [2.05, 4.69) is 16.5 Å². The second-order valence-electron chi connectivity index (χ2n) is 7.06. The van der Waals surface area contributed by atoms with Gasteiger partial charge in [0, 0.05) is 33.9 Å². The fraction of sp³-hybridized carbons (Fsp3) is 0.167. The van der Waals surface area contributed by atoms with Gasteiger partial charge in [-0.1, -0.05) is 18.2 Å². The van der Waals surface area contributed by atoms with E-state index in [1.807, 2.05) is 43.3 Å². The van der Waals surface area contributed by atoms with Gasteiger partial charge in [-0.3, -0.25) is 9.78 Å². The van der Waals surface area contributed by atoms with Crippen LogP contribution >= 0.6 is 0 Å². The fourth-order valence-electron chi connectivity index (χ4n) is 3.97. The van der Waals surface area contributed by atoms with Crippen molar-refractivity contribution in [2.75, 3.05) is 0 Å². The summed E-state index contributed by atoms with van der Waals surface area (Å²) in [5.41, 5.74) is 5.52. The number of halogens is 1. The van der Waals surface area contributed by atoms with Crippen LogP contribution in [0.3, 0.4) is 0 Å². The lowest BCUT2D eigenvalue weighted by atomic mass is 10.0. The fourth-order valence-corrected chi connectivity index (χ4v) is 3.97. The number of ketones is 1. The molecule has 2 heterocycles. The first-order valence-electron chi connectivity index (χ1n) is 9.29. The van der Waals surface area contributed by atoms with Crippen molar-refractivity contribution >= 4 is 16.7 Å². The molecule has 0 saturated carbocycles. The number of benzene rings is 2. The Labute approximate surface area is 163 Å². The lowest BCUT2D eigenvalue weighted by Gasteiger charge is -2.19. The molecule has 0 N–H and O–H groups in total. The van der Waals surface area contributed by atoms with Gasteiger partial charge in [0.2, 0.25) is 0 Å². The highest BCUT2D eigenvalue weighted by Crippen LogP contribution is 2.33. The minimum atomic E-state index is -0.264. The van der Waals surface area contributed by atoms with Crippen molar-refractivity contribution in [3.05, 3.63) is 89.5 Å². The first-order valence-corrected chi connectivity index (χ1v) is 9.29. The highest BCUT2D eigenvalue weighted by atomic mass is 19.1. The molecule has 1 atom stereocenters. The number of para-hydroxylation sites is 1. The topological polar surface area (TPSA) is 34.9 Å². The van der Waals surface area contributed by atoms with Crippen molar-refractivity contribution in [3.63, 3.8) is 0 Å². The lowest BCUT2D eigenvalue weighted by molar-refractivity contribution is 0.101. The van der Waals surface area contributed by atoms with Crippen LogP contribution in [0.25, 0.3) is 22.2 Å². The molecule has 1 unspecified atom stereocenters. The highest BCUT2D eigenvalue weighted by Gasteiger charge is 2.21. The molecule has 0 spiro atoms. The maximum atomic E-state index is 13.2. The van der Waals surface area contributed by atoms with Crippen LogP contribution in [0.1, 0.15) is 41.5 Å². The quantitative estimate of drug-likeness (QED) is 0.414. The molecular weight excluding hydrogens is 351 g/mol. The van der Waals surface area contributed by atoms with Gasteiger partial charge in [0.1, 0.15) is 5.82 Å². The summed E-state index contributed by atoms with van der Waals surface area (Å²) in [5.74, 6) is -0.194. The molecule has 0 aliphatic carbocycles. The highest BCUT2D eigenvalue weighted by molar-refractivity contribution is 6.08. The molecule has 0 fully saturated rings. The Kier molecular flexibility index (Phi) is 4.55. The predicted molar refractivity (Wildman–Crippen MR) is 110 cm³/mol. The number of Topliss-reactive ketones (excluding diaryl/α,β-unsaturated/α-hetero) is 1. The number of pyridine rings is 1. The number of rotatable bonds is 4. The third-order valence-electron chi connectivity index (χ3n) is 5.30. The molecule has 140 valence electrons. The number of aromatic nitrogens is 2. The summed E-state index contributed by atoms with van der Waals surface area (Å²) in [5, 5.41) is 0.979. The van der Waals surface area contributed by atoms with E-state index in [1.165, 1.54) is 12.1 Å². The second-order valence-corrected chi connectivity index (χ2v) is 7.06. The van der Waals surface area contributed by atoms with Crippen molar-refractivity contribution in [1.29, 1.82) is 0 Å². The van der Waals surface area contributed by atoms with Gasteiger partial charge in [-0.2, -0.15) is 0 Å². The molecule has 0 aliphatic heterocycles. The van der Waals surface area contributed by atoms with Crippen LogP contribution in [-0.2, 0) is 0 Å². The zero-order chi connectivity index (χ0) is 19.8. The number of nitrogens with zero attached hydrogens (tertiary/aromatic N) is 2. The minimum absolute atomic E-state index is 0.0141. The van der Waals surface area contributed by atoms with Crippen LogP contribution in [0.4, 0.5) is 4.39 Å².